The number of fused-ring (bicyclic) bond motifs is 6. The van der Waals surface area contributed by atoms with Gasteiger partial charge in [0.25, 0.3) is 0 Å². The third kappa shape index (κ3) is 6.45. The highest BCUT2D eigenvalue weighted by molar-refractivity contribution is 7.25. The highest BCUT2D eigenvalue weighted by Gasteiger charge is 2.12. The van der Waals surface area contributed by atoms with E-state index < -0.39 is 0 Å². The van der Waals surface area contributed by atoms with Crippen LogP contribution >= 0.6 is 11.3 Å². The number of rotatable bonds is 2. The number of hydrogen-bond donors (Lipinski definition) is 0. The first-order valence-corrected chi connectivity index (χ1v) is 15.6. The predicted molar refractivity (Wildman–Crippen MR) is 191 cm³/mol. The lowest BCUT2D eigenvalue weighted by atomic mass is 9.98. The zero-order valence-electron chi connectivity index (χ0n) is 25.0. The van der Waals surface area contributed by atoms with Crippen molar-refractivity contribution in [3.05, 3.63) is 158 Å². The summed E-state index contributed by atoms with van der Waals surface area (Å²) >= 11 is 1.86. The molecule has 0 aliphatic heterocycles. The van der Waals surface area contributed by atoms with Gasteiger partial charge in [0.2, 0.25) is 0 Å². The van der Waals surface area contributed by atoms with Gasteiger partial charge in [-0.25, -0.2) is 0 Å². The Kier molecular flexibility index (Phi) is 9.84. The second kappa shape index (κ2) is 14.3. The third-order valence-electron chi connectivity index (χ3n) is 6.97. The number of furan rings is 1. The molecule has 0 radical (unpaired) electrons. The second-order valence-corrected chi connectivity index (χ2v) is 10.8. The minimum atomic E-state index is 0.934. The lowest BCUT2D eigenvalue weighted by Crippen LogP contribution is -1.82. The number of thiophene rings is 1. The molecule has 2 aromatic heterocycles. The highest BCUT2D eigenvalue weighted by Crippen LogP contribution is 2.37. The molecule has 6 aromatic carbocycles. The maximum atomic E-state index is 6.18. The van der Waals surface area contributed by atoms with E-state index in [1.54, 1.807) is 6.08 Å². The molecule has 8 rings (SSSR count). The molecule has 8 aromatic rings. The van der Waals surface area contributed by atoms with Crippen LogP contribution in [0.4, 0.5) is 0 Å². The van der Waals surface area contributed by atoms with Crippen LogP contribution in [-0.4, -0.2) is 0 Å². The quantitative estimate of drug-likeness (QED) is 0.187. The largest absolute Gasteiger partial charge is 0.455 e. The van der Waals surface area contributed by atoms with E-state index >= 15 is 0 Å². The monoisotopic (exact) mass is 576 g/mol. The summed E-state index contributed by atoms with van der Waals surface area (Å²) in [4.78, 5) is 0. The van der Waals surface area contributed by atoms with E-state index in [1.165, 1.54) is 47.6 Å². The minimum Gasteiger partial charge on any atom is -0.455 e. The lowest BCUT2D eigenvalue weighted by Gasteiger charge is -2.06. The fourth-order valence-corrected chi connectivity index (χ4v) is 6.25. The molecule has 0 saturated carbocycles. The summed E-state index contributed by atoms with van der Waals surface area (Å²) in [6.07, 6.45) is 1.75. The molecule has 0 fully saturated rings. The van der Waals surface area contributed by atoms with E-state index in [9.17, 15) is 0 Å². The summed E-state index contributed by atoms with van der Waals surface area (Å²) in [5, 5.41) is 5.09. The average Bonchev–Trinajstić information content (AvgIpc) is 3.65. The molecule has 0 amide bonds. The Hall–Kier alpha value is -4.92. The maximum Gasteiger partial charge on any atom is 0.143 e. The van der Waals surface area contributed by atoms with Crippen LogP contribution in [-0.2, 0) is 0 Å². The molecule has 0 N–H and O–H groups in total. The van der Waals surface area contributed by atoms with Gasteiger partial charge >= 0.3 is 0 Å². The fraction of sp³-hybridized carbons (Fsp3) is 0.0732. The number of allylic oxidation sites excluding steroid dienone is 1. The van der Waals surface area contributed by atoms with Gasteiger partial charge in [0, 0.05) is 36.5 Å². The maximum absolute atomic E-state index is 6.18. The molecule has 0 spiro atoms. The molecular weight excluding hydrogens is 541 g/mol. The fourth-order valence-electron chi connectivity index (χ4n) is 5.15. The Morgan fingerprint density at radius 3 is 1.67 bits per heavy atom. The molecule has 2 heteroatoms. The van der Waals surface area contributed by atoms with Gasteiger partial charge in [-0.15, -0.1) is 17.9 Å². The van der Waals surface area contributed by atoms with Crippen molar-refractivity contribution in [2.75, 3.05) is 0 Å². The molecule has 212 valence electrons. The van der Waals surface area contributed by atoms with E-state index in [2.05, 4.69) is 134 Å². The zero-order chi connectivity index (χ0) is 30.0. The molecule has 0 atom stereocenters. The van der Waals surface area contributed by atoms with Crippen molar-refractivity contribution in [1.82, 2.24) is 0 Å². The smallest absolute Gasteiger partial charge is 0.143 e. The van der Waals surface area contributed by atoms with Gasteiger partial charge in [-0.05, 0) is 47.9 Å². The molecule has 0 aliphatic rings. The predicted octanol–water partition coefficient (Wildman–Crippen LogP) is 13.2. The number of hydrogen-bond acceptors (Lipinski definition) is 2. The molecule has 2 heterocycles. The van der Waals surface area contributed by atoms with E-state index in [1.807, 2.05) is 50.3 Å². The molecule has 0 aliphatic carbocycles. The number of benzene rings is 6. The molecule has 43 heavy (non-hydrogen) atoms. The Morgan fingerprint density at radius 1 is 0.512 bits per heavy atom. The SMILES string of the molecule is C=CC.CC.c1ccc(-c2cccc(-c3cccc4c3oc3ccccc34)c2)cc1.c1ccc2c(c1)sc1ccccc12. The van der Waals surface area contributed by atoms with Gasteiger partial charge < -0.3 is 4.42 Å². The molecular formula is C41H36OS. The van der Waals surface area contributed by atoms with E-state index in [-0.39, 0.29) is 0 Å². The zero-order valence-corrected chi connectivity index (χ0v) is 25.8. The van der Waals surface area contributed by atoms with Crippen molar-refractivity contribution in [2.45, 2.75) is 20.8 Å². The van der Waals surface area contributed by atoms with Crippen LogP contribution in [0.25, 0.3) is 64.4 Å². The Bertz CT molecular complexity index is 2030. The normalized spacial score (nSPS) is 10.3. The Balaban J connectivity index is 0.000000171. The molecule has 0 bridgehead atoms. The van der Waals surface area contributed by atoms with Gasteiger partial charge in [0.1, 0.15) is 11.2 Å². The van der Waals surface area contributed by atoms with Crippen molar-refractivity contribution in [1.29, 1.82) is 0 Å². The lowest BCUT2D eigenvalue weighted by molar-refractivity contribution is 0.670. The summed E-state index contributed by atoms with van der Waals surface area (Å²) in [5.74, 6) is 0. The van der Waals surface area contributed by atoms with Crippen molar-refractivity contribution in [3.63, 3.8) is 0 Å². The summed E-state index contributed by atoms with van der Waals surface area (Å²) in [6, 6.07) is 50.8. The van der Waals surface area contributed by atoms with Gasteiger partial charge in [-0.3, -0.25) is 0 Å². The van der Waals surface area contributed by atoms with Gasteiger partial charge in [-0.2, -0.15) is 0 Å². The van der Waals surface area contributed by atoms with E-state index in [4.69, 9.17) is 4.42 Å². The molecule has 0 saturated heterocycles. The number of para-hydroxylation sites is 2. The van der Waals surface area contributed by atoms with Crippen molar-refractivity contribution < 1.29 is 4.42 Å². The van der Waals surface area contributed by atoms with Gasteiger partial charge in [0.05, 0.1) is 0 Å². The topological polar surface area (TPSA) is 13.1 Å². The van der Waals surface area contributed by atoms with E-state index in [0.29, 0.717) is 0 Å². The van der Waals surface area contributed by atoms with Gasteiger partial charge in [0.15, 0.2) is 0 Å². The van der Waals surface area contributed by atoms with Crippen LogP contribution in [0.1, 0.15) is 20.8 Å². The first-order valence-electron chi connectivity index (χ1n) is 14.8. The van der Waals surface area contributed by atoms with Crippen LogP contribution in [0.3, 0.4) is 0 Å². The van der Waals surface area contributed by atoms with Crippen molar-refractivity contribution in [2.24, 2.45) is 0 Å². The standard InChI is InChI=1S/C24H16O.C12H8S.C3H6.C2H6/c1-2-8-17(9-3-1)18-10-6-11-19(16-18)20-13-7-14-22-21-12-4-5-15-23(21)25-24(20)22;1-3-7-11-9(5-1)10-6-2-4-8-12(10)13-11;1-3-2;1-2/h1-16H;1-8H;3H,1H2,2H3;1-2H3. The van der Waals surface area contributed by atoms with E-state index in [0.717, 1.165) is 16.7 Å². The first kappa shape index (κ1) is 29.6. The third-order valence-corrected chi connectivity index (χ3v) is 8.12. The summed E-state index contributed by atoms with van der Waals surface area (Å²) in [7, 11) is 0. The Morgan fingerprint density at radius 2 is 1.00 bits per heavy atom. The van der Waals surface area contributed by atoms with Crippen LogP contribution in [0, 0.1) is 0 Å². The van der Waals surface area contributed by atoms with Crippen LogP contribution in [0.2, 0.25) is 0 Å². The van der Waals surface area contributed by atoms with Gasteiger partial charge in [-0.1, -0.05) is 141 Å². The minimum absolute atomic E-state index is 0.934. The van der Waals surface area contributed by atoms with Crippen molar-refractivity contribution >= 4 is 53.4 Å². The summed E-state index contributed by atoms with van der Waals surface area (Å²) in [6.45, 7) is 9.25. The van der Waals surface area contributed by atoms with Crippen LogP contribution in [0.15, 0.2) is 163 Å². The molecule has 1 nitrogen and oxygen atoms in total. The first-order chi connectivity index (χ1) is 21.3. The summed E-state index contributed by atoms with van der Waals surface area (Å²) in [5.41, 5.74) is 6.63. The van der Waals surface area contributed by atoms with Crippen LogP contribution < -0.4 is 0 Å². The second-order valence-electron chi connectivity index (χ2n) is 9.73. The highest BCUT2D eigenvalue weighted by atomic mass is 32.1. The van der Waals surface area contributed by atoms with Crippen molar-refractivity contribution in [3.8, 4) is 22.3 Å². The Labute approximate surface area is 258 Å². The molecule has 0 unspecified atom stereocenters. The summed E-state index contributed by atoms with van der Waals surface area (Å²) < 4.78 is 8.94. The average molecular weight is 577 g/mol. The van der Waals surface area contributed by atoms with Crippen LogP contribution in [0.5, 0.6) is 0 Å².